The van der Waals surface area contributed by atoms with E-state index in [4.69, 9.17) is 4.42 Å². The number of carbonyl (C=O) groups excluding carboxylic acids is 2. The molecule has 1 aliphatic carbocycles. The number of aryl methyl sites for hydroxylation is 1. The third kappa shape index (κ3) is 3.26. The lowest BCUT2D eigenvalue weighted by molar-refractivity contribution is 0.0120. The zero-order chi connectivity index (χ0) is 22.7. The van der Waals surface area contributed by atoms with Gasteiger partial charge in [-0.3, -0.25) is 14.4 Å². The molecule has 1 aliphatic rings. The van der Waals surface area contributed by atoms with Crippen molar-refractivity contribution in [2.45, 2.75) is 45.3 Å². The van der Waals surface area contributed by atoms with Crippen molar-refractivity contribution >= 4 is 22.5 Å². The number of fused-ring (bicyclic) bond motifs is 4. The Bertz CT molecular complexity index is 1310. The van der Waals surface area contributed by atoms with Crippen LogP contribution in [0.1, 0.15) is 69.9 Å². The van der Waals surface area contributed by atoms with Crippen molar-refractivity contribution in [1.29, 1.82) is 0 Å². The number of aliphatic hydroxyl groups is 2. The molecule has 1 aromatic heterocycles. The molecule has 0 amide bonds. The zero-order valence-electron chi connectivity index (χ0n) is 17.4. The van der Waals surface area contributed by atoms with Crippen LogP contribution < -0.4 is 5.43 Å². The molecule has 4 rings (SSSR count). The van der Waals surface area contributed by atoms with Gasteiger partial charge in [-0.2, -0.15) is 0 Å². The van der Waals surface area contributed by atoms with Gasteiger partial charge in [0.1, 0.15) is 22.7 Å². The number of benzene rings is 2. The Morgan fingerprint density at radius 1 is 1.06 bits per heavy atom. The van der Waals surface area contributed by atoms with Gasteiger partial charge >= 0.3 is 0 Å². The maximum Gasteiger partial charge on any atom is 0.202 e. The maximum absolute atomic E-state index is 13.3. The molecule has 0 bridgehead atoms. The van der Waals surface area contributed by atoms with Crippen LogP contribution in [0.25, 0.3) is 11.0 Å². The van der Waals surface area contributed by atoms with E-state index in [-0.39, 0.29) is 57.6 Å². The summed E-state index contributed by atoms with van der Waals surface area (Å²) in [7, 11) is 0. The normalized spacial score (nSPS) is 16.0. The van der Waals surface area contributed by atoms with Crippen molar-refractivity contribution in [2.24, 2.45) is 0 Å². The molecule has 3 aromatic rings. The van der Waals surface area contributed by atoms with E-state index in [0.29, 0.717) is 5.56 Å². The van der Waals surface area contributed by atoms with Crippen LogP contribution in [0.5, 0.6) is 5.75 Å². The highest BCUT2D eigenvalue weighted by Gasteiger charge is 2.36. The summed E-state index contributed by atoms with van der Waals surface area (Å²) in [6.07, 6.45) is -0.282. The minimum atomic E-state index is -1.58. The molecule has 160 valence electrons. The molecule has 3 N–H and O–H groups in total. The number of hydrogen-bond acceptors (Lipinski definition) is 7. The van der Waals surface area contributed by atoms with E-state index in [1.165, 1.54) is 37.3 Å². The van der Waals surface area contributed by atoms with Crippen LogP contribution in [0.3, 0.4) is 0 Å². The predicted molar refractivity (Wildman–Crippen MR) is 113 cm³/mol. The third-order valence-corrected chi connectivity index (χ3v) is 5.76. The first-order valence-electron chi connectivity index (χ1n) is 9.96. The Morgan fingerprint density at radius 2 is 1.77 bits per heavy atom. The summed E-state index contributed by atoms with van der Waals surface area (Å²) in [5.74, 6) is -1.49. The first-order chi connectivity index (χ1) is 14.5. The van der Waals surface area contributed by atoms with Gasteiger partial charge in [0.05, 0.1) is 22.6 Å². The number of rotatable bonds is 4. The standard InChI is InChI=1S/C24H22O7/c1-11-9-14-20(22(29)19-13(21(14)28)5-4-6-15(19)26)23-18(11)16(27)10-17(31-23)24(3,30)8-7-12(2)25/h4-6,9-10,12,25-26,30H,7-8H2,1-3H3/t12-,24-/m1/s1. The molecule has 0 unspecified atom stereocenters. The van der Waals surface area contributed by atoms with Crippen molar-refractivity contribution in [2.75, 3.05) is 0 Å². The quantitative estimate of drug-likeness (QED) is 0.462. The second-order valence-electron chi connectivity index (χ2n) is 8.31. The van der Waals surface area contributed by atoms with Crippen molar-refractivity contribution < 1.29 is 29.3 Å². The van der Waals surface area contributed by atoms with Crippen LogP contribution in [-0.2, 0) is 5.60 Å². The van der Waals surface area contributed by atoms with E-state index >= 15 is 0 Å². The summed E-state index contributed by atoms with van der Waals surface area (Å²) in [6.45, 7) is 4.68. The summed E-state index contributed by atoms with van der Waals surface area (Å²) in [5, 5.41) is 30.8. The van der Waals surface area contributed by atoms with Gasteiger partial charge in [-0.1, -0.05) is 12.1 Å². The van der Waals surface area contributed by atoms with Crippen LogP contribution in [-0.4, -0.2) is 33.0 Å². The summed E-state index contributed by atoms with van der Waals surface area (Å²) < 4.78 is 5.91. The van der Waals surface area contributed by atoms with Gasteiger partial charge in [0.2, 0.25) is 5.78 Å². The molecule has 1 heterocycles. The Morgan fingerprint density at radius 3 is 2.45 bits per heavy atom. The highest BCUT2D eigenvalue weighted by atomic mass is 16.4. The summed E-state index contributed by atoms with van der Waals surface area (Å²) in [4.78, 5) is 39.3. The fourth-order valence-electron chi connectivity index (χ4n) is 4.05. The molecule has 0 saturated heterocycles. The van der Waals surface area contributed by atoms with Gasteiger partial charge in [0, 0.05) is 17.2 Å². The van der Waals surface area contributed by atoms with E-state index < -0.39 is 28.7 Å². The van der Waals surface area contributed by atoms with E-state index in [2.05, 4.69) is 0 Å². The van der Waals surface area contributed by atoms with Crippen molar-refractivity contribution in [3.63, 3.8) is 0 Å². The Balaban J connectivity index is 2.02. The number of hydrogen-bond donors (Lipinski definition) is 3. The average molecular weight is 422 g/mol. The lowest BCUT2D eigenvalue weighted by atomic mass is 9.81. The third-order valence-electron chi connectivity index (χ3n) is 5.76. The van der Waals surface area contributed by atoms with Gasteiger partial charge in [0.15, 0.2) is 11.2 Å². The lowest BCUT2D eigenvalue weighted by Crippen LogP contribution is -2.26. The molecule has 0 radical (unpaired) electrons. The number of aromatic hydroxyl groups is 1. The van der Waals surface area contributed by atoms with Crippen LogP contribution in [0, 0.1) is 6.92 Å². The highest BCUT2D eigenvalue weighted by molar-refractivity contribution is 6.32. The molecule has 0 fully saturated rings. The van der Waals surface area contributed by atoms with Crippen LogP contribution >= 0.6 is 0 Å². The molecule has 0 saturated carbocycles. The highest BCUT2D eigenvalue weighted by Crippen LogP contribution is 2.38. The maximum atomic E-state index is 13.3. The SMILES string of the molecule is Cc1cc2c(c3oc([C@](C)(O)CC[C@@H](C)O)cc(=O)c13)C(=O)c1c(O)cccc1C2=O. The number of phenolic OH excluding ortho intramolecular Hbond substituents is 1. The van der Waals surface area contributed by atoms with Crippen LogP contribution in [0.2, 0.25) is 0 Å². The van der Waals surface area contributed by atoms with Crippen LogP contribution in [0.4, 0.5) is 0 Å². The summed E-state index contributed by atoms with van der Waals surface area (Å²) in [6, 6.07) is 6.91. The number of carbonyl (C=O) groups is 2. The Hall–Kier alpha value is -3.29. The monoisotopic (exact) mass is 422 g/mol. The van der Waals surface area contributed by atoms with Crippen molar-refractivity contribution in [1.82, 2.24) is 0 Å². The van der Waals surface area contributed by atoms with Crippen molar-refractivity contribution in [3.8, 4) is 5.75 Å². The second kappa shape index (κ2) is 7.14. The van der Waals surface area contributed by atoms with Crippen molar-refractivity contribution in [3.05, 3.63) is 74.1 Å². The fourth-order valence-corrected chi connectivity index (χ4v) is 4.05. The van der Waals surface area contributed by atoms with Crippen LogP contribution in [0.15, 0.2) is 39.5 Å². The molecule has 2 atom stereocenters. The minimum Gasteiger partial charge on any atom is -0.507 e. The van der Waals surface area contributed by atoms with E-state index in [9.17, 15) is 29.7 Å². The molecule has 2 aromatic carbocycles. The Labute approximate surface area is 177 Å². The molecule has 0 spiro atoms. The lowest BCUT2D eigenvalue weighted by Gasteiger charge is -2.24. The van der Waals surface area contributed by atoms with E-state index in [1.807, 2.05) is 0 Å². The molecular weight excluding hydrogens is 400 g/mol. The van der Waals surface area contributed by atoms with E-state index in [0.717, 1.165) is 0 Å². The van der Waals surface area contributed by atoms with Gasteiger partial charge in [-0.05, 0) is 51.3 Å². The first kappa shape index (κ1) is 21.0. The first-order valence-corrected chi connectivity index (χ1v) is 9.96. The average Bonchev–Trinajstić information content (AvgIpc) is 2.69. The molecule has 7 nitrogen and oxygen atoms in total. The molecule has 7 heteroatoms. The molecule has 31 heavy (non-hydrogen) atoms. The number of ketones is 2. The molecule has 0 aliphatic heterocycles. The Kier molecular flexibility index (Phi) is 4.83. The number of aliphatic hydroxyl groups excluding tert-OH is 1. The molecular formula is C24H22O7. The van der Waals surface area contributed by atoms with Gasteiger partial charge in [-0.15, -0.1) is 0 Å². The number of phenols is 1. The zero-order valence-corrected chi connectivity index (χ0v) is 17.4. The second-order valence-corrected chi connectivity index (χ2v) is 8.31. The minimum absolute atomic E-state index is 0.0678. The van der Waals surface area contributed by atoms with E-state index in [1.54, 1.807) is 13.8 Å². The van der Waals surface area contributed by atoms with Gasteiger partial charge in [0.25, 0.3) is 0 Å². The largest absolute Gasteiger partial charge is 0.507 e. The fraction of sp³-hybridized carbons (Fsp3) is 0.292. The predicted octanol–water partition coefficient (Wildman–Crippen LogP) is 2.95. The van der Waals surface area contributed by atoms with Gasteiger partial charge < -0.3 is 19.7 Å². The topological polar surface area (TPSA) is 125 Å². The summed E-state index contributed by atoms with van der Waals surface area (Å²) in [5.41, 5.74) is -1.76. The smallest absolute Gasteiger partial charge is 0.202 e. The van der Waals surface area contributed by atoms with Gasteiger partial charge in [-0.25, -0.2) is 0 Å². The summed E-state index contributed by atoms with van der Waals surface area (Å²) >= 11 is 0.